The molecule has 3 N–H and O–H groups in total. The van der Waals surface area contributed by atoms with E-state index in [1.807, 2.05) is 24.3 Å². The van der Waals surface area contributed by atoms with E-state index in [-0.39, 0.29) is 17.5 Å². The lowest BCUT2D eigenvalue weighted by Gasteiger charge is -2.56. The Hall–Kier alpha value is -1.06. The molecule has 24 heavy (non-hydrogen) atoms. The van der Waals surface area contributed by atoms with Gasteiger partial charge in [-0.2, -0.15) is 0 Å². The molecule has 4 aliphatic carbocycles. The van der Waals surface area contributed by atoms with Gasteiger partial charge in [-0.1, -0.05) is 23.7 Å². The van der Waals surface area contributed by atoms with Crippen molar-refractivity contribution in [3.05, 3.63) is 34.9 Å². The normalized spacial score (nSPS) is 35.0. The molecule has 130 valence electrons. The first kappa shape index (κ1) is 16.4. The van der Waals surface area contributed by atoms with Crippen LogP contribution < -0.4 is 10.6 Å². The Morgan fingerprint density at radius 3 is 2.25 bits per heavy atom. The molecule has 4 bridgehead atoms. The Labute approximate surface area is 149 Å². The van der Waals surface area contributed by atoms with Crippen LogP contribution in [-0.4, -0.2) is 18.0 Å². The first-order valence-electron chi connectivity index (χ1n) is 9.41. The molecule has 1 aromatic carbocycles. The third kappa shape index (κ3) is 3.34. The fourth-order valence-electron chi connectivity index (χ4n) is 5.80. The zero-order valence-corrected chi connectivity index (χ0v) is 15.2. The van der Waals surface area contributed by atoms with Crippen molar-refractivity contribution < 1.29 is 10.1 Å². The van der Waals surface area contributed by atoms with Gasteiger partial charge in [0, 0.05) is 16.1 Å². The summed E-state index contributed by atoms with van der Waals surface area (Å²) in [7, 11) is 0. The van der Waals surface area contributed by atoms with Crippen molar-refractivity contribution in [2.24, 2.45) is 17.8 Å². The van der Waals surface area contributed by atoms with E-state index in [1.54, 1.807) is 0 Å². The Balaban J connectivity index is 1.31. The Kier molecular flexibility index (Phi) is 4.34. The van der Waals surface area contributed by atoms with Gasteiger partial charge in [0.05, 0.1) is 0 Å². The van der Waals surface area contributed by atoms with Crippen LogP contribution in [0.15, 0.2) is 24.3 Å². The maximum Gasteiger partial charge on any atom is 0.275 e. The monoisotopic (exact) mass is 347 g/mol. The molecular formula is C20H28ClN2O+. The van der Waals surface area contributed by atoms with Gasteiger partial charge in [-0.05, 0) is 75.3 Å². The SMILES string of the molecule is C[C@H]([NH2+]CC(=O)NC12CC3CC(CC(C3)C1)C2)c1ccc(Cl)cc1. The largest absolute Gasteiger partial charge is 0.346 e. The van der Waals surface area contributed by atoms with Crippen LogP contribution in [0.3, 0.4) is 0 Å². The predicted molar refractivity (Wildman–Crippen MR) is 95.7 cm³/mol. The molecule has 0 saturated heterocycles. The summed E-state index contributed by atoms with van der Waals surface area (Å²) in [5, 5.41) is 6.33. The lowest BCUT2D eigenvalue weighted by atomic mass is 9.53. The summed E-state index contributed by atoms with van der Waals surface area (Å²) in [4.78, 5) is 12.6. The van der Waals surface area contributed by atoms with Gasteiger partial charge in [-0.3, -0.25) is 4.79 Å². The minimum atomic E-state index is 0.128. The number of nitrogens with two attached hydrogens (primary N) is 1. The van der Waals surface area contributed by atoms with Gasteiger partial charge in [-0.15, -0.1) is 0 Å². The highest BCUT2D eigenvalue weighted by atomic mass is 35.5. The molecule has 4 saturated carbocycles. The van der Waals surface area contributed by atoms with E-state index >= 15 is 0 Å². The molecule has 0 spiro atoms. The quantitative estimate of drug-likeness (QED) is 0.844. The van der Waals surface area contributed by atoms with Crippen LogP contribution in [0.1, 0.15) is 57.1 Å². The predicted octanol–water partition coefficient (Wildman–Crippen LogP) is 3.05. The van der Waals surface area contributed by atoms with E-state index in [0.29, 0.717) is 6.54 Å². The lowest BCUT2D eigenvalue weighted by Crippen LogP contribution is -2.87. The number of amides is 1. The van der Waals surface area contributed by atoms with E-state index in [9.17, 15) is 4.79 Å². The van der Waals surface area contributed by atoms with Crippen LogP contribution in [0.25, 0.3) is 0 Å². The van der Waals surface area contributed by atoms with Gasteiger partial charge in [0.2, 0.25) is 0 Å². The van der Waals surface area contributed by atoms with E-state index in [4.69, 9.17) is 11.6 Å². The average molecular weight is 348 g/mol. The summed E-state index contributed by atoms with van der Waals surface area (Å²) in [6, 6.07) is 8.18. The molecule has 1 atom stereocenters. The van der Waals surface area contributed by atoms with Gasteiger partial charge in [-0.25, -0.2) is 0 Å². The number of quaternary nitrogens is 1. The molecule has 1 aromatic rings. The Morgan fingerprint density at radius 1 is 1.17 bits per heavy atom. The van der Waals surface area contributed by atoms with E-state index < -0.39 is 0 Å². The molecule has 4 fully saturated rings. The molecule has 4 heteroatoms. The van der Waals surface area contributed by atoms with Crippen LogP contribution in [0.4, 0.5) is 0 Å². The second-order valence-corrected chi connectivity index (χ2v) is 8.96. The second-order valence-electron chi connectivity index (χ2n) is 8.53. The fraction of sp³-hybridized carbons (Fsp3) is 0.650. The highest BCUT2D eigenvalue weighted by Gasteiger charge is 2.51. The summed E-state index contributed by atoms with van der Waals surface area (Å²) in [5.74, 6) is 2.81. The first-order chi connectivity index (χ1) is 11.5. The van der Waals surface area contributed by atoms with Gasteiger partial charge in [0.1, 0.15) is 6.04 Å². The lowest BCUT2D eigenvalue weighted by molar-refractivity contribution is -0.682. The van der Waals surface area contributed by atoms with Crippen molar-refractivity contribution in [3.63, 3.8) is 0 Å². The van der Waals surface area contributed by atoms with Crippen molar-refractivity contribution >= 4 is 17.5 Å². The van der Waals surface area contributed by atoms with E-state index in [0.717, 1.165) is 22.8 Å². The molecular weight excluding hydrogens is 320 g/mol. The number of benzene rings is 1. The smallest absolute Gasteiger partial charge is 0.275 e. The number of hydrogen-bond donors (Lipinski definition) is 2. The molecule has 0 heterocycles. The fourth-order valence-corrected chi connectivity index (χ4v) is 5.92. The molecule has 1 amide bonds. The highest BCUT2D eigenvalue weighted by Crippen LogP contribution is 2.55. The van der Waals surface area contributed by atoms with Crippen molar-refractivity contribution in [1.29, 1.82) is 0 Å². The topological polar surface area (TPSA) is 45.7 Å². The molecule has 3 nitrogen and oxygen atoms in total. The zero-order valence-electron chi connectivity index (χ0n) is 14.4. The minimum absolute atomic E-state index is 0.128. The number of halogens is 1. The summed E-state index contributed by atoms with van der Waals surface area (Å²) in [5.41, 5.74) is 1.34. The summed E-state index contributed by atoms with van der Waals surface area (Å²) < 4.78 is 0. The standard InChI is InChI=1S/C20H27ClN2O/c1-13(17-2-4-18(21)5-3-17)22-12-19(24)23-20-9-14-6-15(10-20)8-16(7-14)11-20/h2-5,13-16,22H,6-12H2,1H3,(H,23,24)/p+1/t13-,14?,15?,16?,20?/m0/s1. The van der Waals surface area contributed by atoms with E-state index in [2.05, 4.69) is 17.6 Å². The third-order valence-electron chi connectivity index (χ3n) is 6.50. The van der Waals surface area contributed by atoms with Gasteiger partial charge < -0.3 is 10.6 Å². The minimum Gasteiger partial charge on any atom is -0.346 e. The maximum atomic E-state index is 12.6. The Morgan fingerprint density at radius 2 is 1.71 bits per heavy atom. The summed E-state index contributed by atoms with van der Waals surface area (Å²) in [6.45, 7) is 2.65. The van der Waals surface area contributed by atoms with Crippen LogP contribution in [-0.2, 0) is 4.79 Å². The number of nitrogens with one attached hydrogen (secondary N) is 1. The molecule has 0 unspecified atom stereocenters. The average Bonchev–Trinajstić information content (AvgIpc) is 2.51. The highest BCUT2D eigenvalue weighted by molar-refractivity contribution is 6.30. The number of hydrogen-bond acceptors (Lipinski definition) is 1. The molecule has 0 aliphatic heterocycles. The van der Waals surface area contributed by atoms with Crippen LogP contribution in [0, 0.1) is 17.8 Å². The molecule has 0 radical (unpaired) electrons. The first-order valence-corrected chi connectivity index (χ1v) is 9.79. The summed E-state index contributed by atoms with van der Waals surface area (Å²) >= 11 is 5.94. The Bertz CT molecular complexity index is 577. The van der Waals surface area contributed by atoms with Crippen LogP contribution >= 0.6 is 11.6 Å². The van der Waals surface area contributed by atoms with E-state index in [1.165, 1.54) is 44.1 Å². The number of rotatable bonds is 5. The van der Waals surface area contributed by atoms with Crippen molar-refractivity contribution in [2.75, 3.05) is 6.54 Å². The zero-order chi connectivity index (χ0) is 16.7. The van der Waals surface area contributed by atoms with Crippen molar-refractivity contribution in [1.82, 2.24) is 5.32 Å². The maximum absolute atomic E-state index is 12.6. The second kappa shape index (κ2) is 6.34. The summed E-state index contributed by atoms with van der Waals surface area (Å²) in [6.07, 6.45) is 7.89. The van der Waals surface area contributed by atoms with Gasteiger partial charge in [0.25, 0.3) is 5.91 Å². The third-order valence-corrected chi connectivity index (χ3v) is 6.75. The number of carbonyl (C=O) groups excluding carboxylic acids is 1. The van der Waals surface area contributed by atoms with Crippen LogP contribution in [0.5, 0.6) is 0 Å². The number of carbonyl (C=O) groups is 1. The van der Waals surface area contributed by atoms with Crippen molar-refractivity contribution in [3.8, 4) is 0 Å². The van der Waals surface area contributed by atoms with Crippen LogP contribution in [0.2, 0.25) is 5.02 Å². The molecule has 0 aromatic heterocycles. The van der Waals surface area contributed by atoms with Crippen molar-refractivity contribution in [2.45, 2.75) is 57.0 Å². The van der Waals surface area contributed by atoms with Gasteiger partial charge in [0.15, 0.2) is 6.54 Å². The molecule has 4 aliphatic rings. The molecule has 5 rings (SSSR count). The van der Waals surface area contributed by atoms with Gasteiger partial charge >= 0.3 is 0 Å².